The molecule has 2 rings (SSSR count). The zero-order chi connectivity index (χ0) is 15.4. The molecule has 0 saturated heterocycles. The van der Waals surface area contributed by atoms with Crippen molar-refractivity contribution < 1.29 is 4.39 Å². The van der Waals surface area contributed by atoms with Gasteiger partial charge in [-0.05, 0) is 30.3 Å². The molecule has 0 aromatic heterocycles. The van der Waals surface area contributed by atoms with Gasteiger partial charge in [-0.2, -0.15) is 0 Å². The van der Waals surface area contributed by atoms with Crippen LogP contribution in [0.1, 0.15) is 16.7 Å². The molecule has 0 spiro atoms. The molecular weight excluding hydrogens is 289 g/mol. The van der Waals surface area contributed by atoms with E-state index < -0.39 is 5.82 Å². The number of hydrogen-bond acceptors (Lipinski definition) is 2. The molecule has 0 heterocycles. The van der Waals surface area contributed by atoms with E-state index in [0.717, 1.165) is 11.1 Å². The van der Waals surface area contributed by atoms with Crippen molar-refractivity contribution in [2.24, 2.45) is 5.73 Å². The first-order valence-corrected chi connectivity index (χ1v) is 6.90. The van der Waals surface area contributed by atoms with Crippen molar-refractivity contribution in [3.05, 3.63) is 70.0 Å². The molecule has 0 radical (unpaired) electrons. The summed E-state index contributed by atoms with van der Waals surface area (Å²) in [6.45, 7) is 1.20. The lowest BCUT2D eigenvalue weighted by atomic mass is 10.1. The third-order valence-corrected chi connectivity index (χ3v) is 3.59. The van der Waals surface area contributed by atoms with E-state index in [2.05, 4.69) is 0 Å². The molecule has 0 aliphatic carbocycles. The molecule has 0 amide bonds. The zero-order valence-electron chi connectivity index (χ0n) is 11.7. The fourth-order valence-corrected chi connectivity index (χ4v) is 2.35. The molecule has 0 aliphatic heterocycles. The monoisotopic (exact) mass is 305 g/mol. The van der Waals surface area contributed by atoms with Crippen LogP contribution in [0.2, 0.25) is 5.02 Å². The number of hydrogen-bond donors (Lipinski definition) is 2. The summed E-state index contributed by atoms with van der Waals surface area (Å²) in [5.74, 6) is -0.353. The van der Waals surface area contributed by atoms with Crippen LogP contribution in [0.5, 0.6) is 0 Å². The van der Waals surface area contributed by atoms with Crippen molar-refractivity contribution in [3.8, 4) is 0 Å². The number of nitrogens with two attached hydrogens (primary N) is 1. The van der Waals surface area contributed by atoms with Gasteiger partial charge in [0.1, 0.15) is 11.7 Å². The molecule has 21 heavy (non-hydrogen) atoms. The van der Waals surface area contributed by atoms with Gasteiger partial charge in [-0.15, -0.1) is 0 Å². The smallest absolute Gasteiger partial charge is 0.142 e. The first-order valence-electron chi connectivity index (χ1n) is 6.52. The molecule has 0 unspecified atom stereocenters. The third-order valence-electron chi connectivity index (χ3n) is 3.16. The van der Waals surface area contributed by atoms with Gasteiger partial charge in [0.15, 0.2) is 0 Å². The van der Waals surface area contributed by atoms with E-state index in [-0.39, 0.29) is 10.9 Å². The predicted molar refractivity (Wildman–Crippen MR) is 84.0 cm³/mol. The maximum atomic E-state index is 13.4. The number of nitrogens with zero attached hydrogens (tertiary/aromatic N) is 1. The van der Waals surface area contributed by atoms with E-state index in [4.69, 9.17) is 22.7 Å². The minimum absolute atomic E-state index is 0.0488. The minimum Gasteiger partial charge on any atom is -0.384 e. The van der Waals surface area contributed by atoms with Crippen LogP contribution < -0.4 is 5.73 Å². The largest absolute Gasteiger partial charge is 0.384 e. The number of benzene rings is 2. The van der Waals surface area contributed by atoms with Crippen LogP contribution in [0, 0.1) is 11.2 Å². The highest BCUT2D eigenvalue weighted by atomic mass is 35.5. The van der Waals surface area contributed by atoms with Gasteiger partial charge < -0.3 is 5.73 Å². The van der Waals surface area contributed by atoms with Crippen LogP contribution in [0.25, 0.3) is 0 Å². The van der Waals surface area contributed by atoms with Crippen LogP contribution >= 0.6 is 11.6 Å². The fourth-order valence-electron chi connectivity index (χ4n) is 2.17. The fraction of sp³-hybridized carbons (Fsp3) is 0.188. The lowest BCUT2D eigenvalue weighted by molar-refractivity contribution is 0.318. The Kier molecular flexibility index (Phi) is 4.94. The minimum atomic E-state index is -0.402. The molecule has 0 atom stereocenters. The Morgan fingerprint density at radius 3 is 2.67 bits per heavy atom. The molecule has 5 heteroatoms. The van der Waals surface area contributed by atoms with E-state index in [0.29, 0.717) is 18.7 Å². The summed E-state index contributed by atoms with van der Waals surface area (Å²) in [6.07, 6.45) is 0. The topological polar surface area (TPSA) is 53.1 Å². The summed E-state index contributed by atoms with van der Waals surface area (Å²) in [6, 6.07) is 12.3. The summed E-state index contributed by atoms with van der Waals surface area (Å²) >= 11 is 5.96. The molecule has 3 nitrogen and oxygen atoms in total. The average Bonchev–Trinajstić information content (AvgIpc) is 2.44. The average molecular weight is 306 g/mol. The van der Waals surface area contributed by atoms with E-state index in [9.17, 15) is 4.39 Å². The van der Waals surface area contributed by atoms with Crippen molar-refractivity contribution in [2.75, 3.05) is 7.05 Å². The second-order valence-electron chi connectivity index (χ2n) is 5.00. The summed E-state index contributed by atoms with van der Waals surface area (Å²) in [5, 5.41) is 7.62. The van der Waals surface area contributed by atoms with Crippen LogP contribution in [-0.2, 0) is 13.1 Å². The van der Waals surface area contributed by atoms with Gasteiger partial charge in [0.05, 0.1) is 5.02 Å². The number of nitrogens with one attached hydrogen (secondary N) is 1. The van der Waals surface area contributed by atoms with Crippen LogP contribution in [-0.4, -0.2) is 17.8 Å². The summed E-state index contributed by atoms with van der Waals surface area (Å²) in [4.78, 5) is 2.03. The van der Waals surface area contributed by atoms with Crippen molar-refractivity contribution in [1.29, 1.82) is 5.41 Å². The SMILES string of the molecule is CN(Cc1cccc(C(=N)N)c1)Cc1cccc(F)c1Cl. The number of rotatable bonds is 5. The van der Waals surface area contributed by atoms with Crippen molar-refractivity contribution >= 4 is 17.4 Å². The highest BCUT2D eigenvalue weighted by Gasteiger charge is 2.09. The van der Waals surface area contributed by atoms with E-state index in [1.807, 2.05) is 36.2 Å². The van der Waals surface area contributed by atoms with Crippen molar-refractivity contribution in [3.63, 3.8) is 0 Å². The van der Waals surface area contributed by atoms with Gasteiger partial charge in [0.2, 0.25) is 0 Å². The molecule has 110 valence electrons. The number of halogens is 2. The quantitative estimate of drug-likeness (QED) is 0.657. The molecule has 3 N–H and O–H groups in total. The normalized spacial score (nSPS) is 10.9. The Bertz CT molecular complexity index is 658. The van der Waals surface area contributed by atoms with Crippen molar-refractivity contribution in [1.82, 2.24) is 4.90 Å². The van der Waals surface area contributed by atoms with Gasteiger partial charge in [-0.25, -0.2) is 4.39 Å². The van der Waals surface area contributed by atoms with E-state index >= 15 is 0 Å². The highest BCUT2D eigenvalue weighted by Crippen LogP contribution is 2.21. The van der Waals surface area contributed by atoms with E-state index in [1.165, 1.54) is 6.07 Å². The second kappa shape index (κ2) is 6.70. The standard InChI is InChI=1S/C16H17ClFN3/c1-21(10-13-6-3-7-14(18)15(13)17)9-11-4-2-5-12(8-11)16(19)20/h2-8H,9-10H2,1H3,(H3,19,20). The zero-order valence-corrected chi connectivity index (χ0v) is 12.5. The van der Waals surface area contributed by atoms with Gasteiger partial charge in [0, 0.05) is 18.7 Å². The Labute approximate surface area is 128 Å². The van der Waals surface area contributed by atoms with Gasteiger partial charge in [-0.1, -0.05) is 41.9 Å². The first kappa shape index (κ1) is 15.5. The lowest BCUT2D eigenvalue weighted by Crippen LogP contribution is -2.18. The molecule has 2 aromatic rings. The van der Waals surface area contributed by atoms with Gasteiger partial charge in [0.25, 0.3) is 0 Å². The van der Waals surface area contributed by atoms with Gasteiger partial charge in [-0.3, -0.25) is 10.3 Å². The number of amidine groups is 1. The Morgan fingerprint density at radius 2 is 1.95 bits per heavy atom. The molecule has 0 bridgehead atoms. The molecule has 2 aromatic carbocycles. The predicted octanol–water partition coefficient (Wildman–Crippen LogP) is 3.40. The first-order chi connectivity index (χ1) is 9.97. The highest BCUT2D eigenvalue weighted by molar-refractivity contribution is 6.31. The maximum Gasteiger partial charge on any atom is 0.142 e. The van der Waals surface area contributed by atoms with Crippen LogP contribution in [0.4, 0.5) is 4.39 Å². The maximum absolute atomic E-state index is 13.4. The van der Waals surface area contributed by atoms with Gasteiger partial charge >= 0.3 is 0 Å². The Balaban J connectivity index is 2.08. The lowest BCUT2D eigenvalue weighted by Gasteiger charge is -2.18. The van der Waals surface area contributed by atoms with E-state index in [1.54, 1.807) is 12.1 Å². The summed E-state index contributed by atoms with van der Waals surface area (Å²) in [7, 11) is 1.93. The molecule has 0 aliphatic rings. The molecule has 0 fully saturated rings. The Hall–Kier alpha value is -1.91. The summed E-state index contributed by atoms with van der Waals surface area (Å²) in [5.41, 5.74) is 7.97. The van der Waals surface area contributed by atoms with Crippen LogP contribution in [0.3, 0.4) is 0 Å². The molecule has 0 saturated carbocycles. The number of nitrogen functional groups attached to an aromatic ring is 1. The third kappa shape index (κ3) is 4.03. The van der Waals surface area contributed by atoms with Crippen LogP contribution in [0.15, 0.2) is 42.5 Å². The summed E-state index contributed by atoms with van der Waals surface area (Å²) < 4.78 is 13.4. The second-order valence-corrected chi connectivity index (χ2v) is 5.38. The molecular formula is C16H17ClFN3. The Morgan fingerprint density at radius 1 is 1.24 bits per heavy atom. The van der Waals surface area contributed by atoms with Crippen molar-refractivity contribution in [2.45, 2.75) is 13.1 Å².